The highest BCUT2D eigenvalue weighted by Gasteiger charge is 2.50. The fourth-order valence-corrected chi connectivity index (χ4v) is 4.48. The Morgan fingerprint density at radius 1 is 1.15 bits per heavy atom. The minimum absolute atomic E-state index is 0.0211. The van der Waals surface area contributed by atoms with Crippen molar-refractivity contribution in [3.8, 4) is 11.7 Å². The zero-order valence-electron chi connectivity index (χ0n) is 14.4. The molecular weight excluding hydrogens is 396 g/mol. The van der Waals surface area contributed by atoms with Crippen LogP contribution in [0.5, 0.6) is 11.7 Å². The van der Waals surface area contributed by atoms with E-state index in [0.29, 0.717) is 29.1 Å². The first-order chi connectivity index (χ1) is 12.5. The monoisotopic (exact) mass is 412 g/mol. The van der Waals surface area contributed by atoms with Gasteiger partial charge in [-0.25, -0.2) is 0 Å². The molecule has 0 bridgehead atoms. The molecule has 3 aromatic rings. The van der Waals surface area contributed by atoms with Crippen molar-refractivity contribution in [1.29, 1.82) is 0 Å². The second kappa shape index (κ2) is 5.36. The summed E-state index contributed by atoms with van der Waals surface area (Å²) in [7, 11) is 0. The summed E-state index contributed by atoms with van der Waals surface area (Å²) in [5.41, 5.74) is 1.61. The van der Waals surface area contributed by atoms with Crippen LogP contribution in [0.2, 0.25) is 0 Å². The molecular formula is C21H17BrO4. The fourth-order valence-electron chi connectivity index (χ4n) is 4.14. The van der Waals surface area contributed by atoms with Crippen LogP contribution in [-0.4, -0.2) is 12.2 Å². The third-order valence-corrected chi connectivity index (χ3v) is 5.98. The molecule has 5 heteroatoms. The first kappa shape index (κ1) is 15.9. The maximum Gasteiger partial charge on any atom is 0.293 e. The van der Waals surface area contributed by atoms with Crippen molar-refractivity contribution >= 4 is 26.9 Å². The van der Waals surface area contributed by atoms with Gasteiger partial charge in [-0.15, -0.1) is 0 Å². The summed E-state index contributed by atoms with van der Waals surface area (Å²) < 4.78 is 19.1. The maximum absolute atomic E-state index is 13.3. The molecule has 0 unspecified atom stereocenters. The Morgan fingerprint density at radius 2 is 1.96 bits per heavy atom. The van der Waals surface area contributed by atoms with Crippen LogP contribution in [-0.2, 0) is 0 Å². The summed E-state index contributed by atoms with van der Waals surface area (Å²) in [6.45, 7) is 4.54. The van der Waals surface area contributed by atoms with Crippen molar-refractivity contribution in [3.63, 3.8) is 0 Å². The van der Waals surface area contributed by atoms with Crippen molar-refractivity contribution in [1.82, 2.24) is 0 Å². The van der Waals surface area contributed by atoms with E-state index in [4.69, 9.17) is 13.9 Å². The fraction of sp³-hybridized carbons (Fsp3) is 0.286. The Hall–Kier alpha value is -2.27. The summed E-state index contributed by atoms with van der Waals surface area (Å²) >= 11 is 3.49. The lowest BCUT2D eigenvalue weighted by atomic mass is 9.70. The lowest BCUT2D eigenvalue weighted by Gasteiger charge is -2.46. The molecule has 3 heterocycles. The van der Waals surface area contributed by atoms with Crippen molar-refractivity contribution in [2.75, 3.05) is 6.61 Å². The molecule has 2 aromatic carbocycles. The zero-order chi connectivity index (χ0) is 18.1. The molecule has 1 aromatic heterocycles. The maximum atomic E-state index is 13.3. The predicted molar refractivity (Wildman–Crippen MR) is 102 cm³/mol. The summed E-state index contributed by atoms with van der Waals surface area (Å²) in [6.07, 6.45) is 0. The van der Waals surface area contributed by atoms with Crippen LogP contribution in [0.25, 0.3) is 11.0 Å². The van der Waals surface area contributed by atoms with Gasteiger partial charge in [-0.2, -0.15) is 0 Å². The highest BCUT2D eigenvalue weighted by Crippen LogP contribution is 2.52. The minimum atomic E-state index is -0.513. The molecule has 132 valence electrons. The van der Waals surface area contributed by atoms with Crippen LogP contribution < -0.4 is 14.9 Å². The Morgan fingerprint density at radius 3 is 2.81 bits per heavy atom. The smallest absolute Gasteiger partial charge is 0.293 e. The van der Waals surface area contributed by atoms with E-state index < -0.39 is 5.60 Å². The van der Waals surface area contributed by atoms with E-state index in [9.17, 15) is 4.79 Å². The number of fused-ring (bicyclic) bond motifs is 6. The van der Waals surface area contributed by atoms with Gasteiger partial charge in [0.2, 0.25) is 5.43 Å². The SMILES string of the molecule is CC1(C)Oc2oc3ccccc3c(=O)c2[C@H]2c3ccc(Br)cc3OC[C@H]21. The quantitative estimate of drug-likeness (QED) is 0.528. The topological polar surface area (TPSA) is 48.7 Å². The lowest BCUT2D eigenvalue weighted by Crippen LogP contribution is -2.50. The Labute approximate surface area is 158 Å². The molecule has 2 atom stereocenters. The van der Waals surface area contributed by atoms with Crippen LogP contribution in [0.3, 0.4) is 0 Å². The zero-order valence-corrected chi connectivity index (χ0v) is 16.0. The molecule has 0 aliphatic carbocycles. The molecule has 0 spiro atoms. The number of halogens is 1. The molecule has 0 saturated carbocycles. The summed E-state index contributed by atoms with van der Waals surface area (Å²) in [5.74, 6) is 1.03. The Kier molecular flexibility index (Phi) is 3.29. The Balaban J connectivity index is 1.85. The van der Waals surface area contributed by atoms with Gasteiger partial charge in [0.1, 0.15) is 16.9 Å². The van der Waals surface area contributed by atoms with Gasteiger partial charge in [0, 0.05) is 21.9 Å². The predicted octanol–water partition coefficient (Wildman–Crippen LogP) is 4.87. The summed E-state index contributed by atoms with van der Waals surface area (Å²) in [6, 6.07) is 13.3. The molecule has 26 heavy (non-hydrogen) atoms. The molecule has 4 nitrogen and oxygen atoms in total. The van der Waals surface area contributed by atoms with Gasteiger partial charge in [-0.05, 0) is 38.1 Å². The van der Waals surface area contributed by atoms with Crippen molar-refractivity contribution in [2.45, 2.75) is 25.4 Å². The van der Waals surface area contributed by atoms with Gasteiger partial charge >= 0.3 is 0 Å². The minimum Gasteiger partial charge on any atom is -0.493 e. The van der Waals surface area contributed by atoms with Crippen molar-refractivity contribution in [3.05, 3.63) is 68.3 Å². The molecule has 2 aliphatic heterocycles. The summed E-state index contributed by atoms with van der Waals surface area (Å²) in [4.78, 5) is 13.3. The highest BCUT2D eigenvalue weighted by molar-refractivity contribution is 9.10. The standard InChI is InChI=1S/C21H17BrO4/c1-21(2)14-10-24-16-9-11(22)7-8-12(16)17(14)18-19(23)13-5-3-4-6-15(13)25-20(18)26-21/h3-9,14,17H,10H2,1-2H3/t14-,17+/m1/s1. The molecule has 2 aliphatic rings. The van der Waals surface area contributed by atoms with Crippen LogP contribution in [0, 0.1) is 5.92 Å². The van der Waals surface area contributed by atoms with Crippen molar-refractivity contribution < 1.29 is 13.9 Å². The molecule has 0 amide bonds. The number of benzene rings is 2. The number of rotatable bonds is 0. The van der Waals surface area contributed by atoms with Crippen LogP contribution >= 0.6 is 15.9 Å². The van der Waals surface area contributed by atoms with Crippen LogP contribution in [0.1, 0.15) is 30.9 Å². The number of hydrogen-bond donors (Lipinski definition) is 0. The third kappa shape index (κ3) is 2.16. The van der Waals surface area contributed by atoms with E-state index in [-0.39, 0.29) is 17.3 Å². The number of hydrogen-bond acceptors (Lipinski definition) is 4. The lowest BCUT2D eigenvalue weighted by molar-refractivity contribution is -0.0318. The normalized spacial score (nSPS) is 22.6. The van der Waals surface area contributed by atoms with Gasteiger partial charge in [-0.1, -0.05) is 34.1 Å². The van der Waals surface area contributed by atoms with Gasteiger partial charge in [-0.3, -0.25) is 4.79 Å². The highest BCUT2D eigenvalue weighted by atomic mass is 79.9. The Bertz CT molecular complexity index is 1100. The molecule has 5 rings (SSSR count). The molecule has 0 saturated heterocycles. The second-order valence-electron chi connectivity index (χ2n) is 7.41. The van der Waals surface area contributed by atoms with Crippen LogP contribution in [0.4, 0.5) is 0 Å². The first-order valence-electron chi connectivity index (χ1n) is 8.63. The average Bonchev–Trinajstić information content (AvgIpc) is 2.60. The average molecular weight is 413 g/mol. The van der Waals surface area contributed by atoms with Crippen LogP contribution in [0.15, 0.2) is 56.1 Å². The number of para-hydroxylation sites is 1. The first-order valence-corrected chi connectivity index (χ1v) is 9.42. The molecule has 0 fully saturated rings. The van der Waals surface area contributed by atoms with Crippen molar-refractivity contribution in [2.24, 2.45) is 5.92 Å². The van der Waals surface area contributed by atoms with E-state index in [1.807, 2.05) is 44.2 Å². The van der Waals surface area contributed by atoms with Gasteiger partial charge in [0.15, 0.2) is 0 Å². The van der Waals surface area contributed by atoms with Gasteiger partial charge in [0.05, 0.1) is 17.6 Å². The third-order valence-electron chi connectivity index (χ3n) is 5.49. The number of ether oxygens (including phenoxy) is 2. The van der Waals surface area contributed by atoms with E-state index in [1.165, 1.54) is 0 Å². The van der Waals surface area contributed by atoms with E-state index >= 15 is 0 Å². The van der Waals surface area contributed by atoms with E-state index in [2.05, 4.69) is 15.9 Å². The second-order valence-corrected chi connectivity index (χ2v) is 8.33. The molecule has 0 N–H and O–H groups in total. The van der Waals surface area contributed by atoms with Gasteiger partial charge < -0.3 is 13.9 Å². The summed E-state index contributed by atoms with van der Waals surface area (Å²) in [5, 5.41) is 0.582. The van der Waals surface area contributed by atoms with E-state index in [1.54, 1.807) is 12.1 Å². The van der Waals surface area contributed by atoms with Gasteiger partial charge in [0.25, 0.3) is 5.95 Å². The molecule has 0 radical (unpaired) electrons. The largest absolute Gasteiger partial charge is 0.493 e. The van der Waals surface area contributed by atoms with E-state index in [0.717, 1.165) is 15.8 Å².